The number of aromatic nitrogens is 1. The van der Waals surface area contributed by atoms with E-state index in [9.17, 15) is 9.59 Å². The number of hydrogen-bond donors (Lipinski definition) is 2. The molecule has 0 aliphatic carbocycles. The Kier molecular flexibility index (Phi) is 7.55. The molecule has 2 amide bonds. The van der Waals surface area contributed by atoms with Crippen molar-refractivity contribution in [3.8, 4) is 0 Å². The summed E-state index contributed by atoms with van der Waals surface area (Å²) >= 11 is 1.31. The lowest BCUT2D eigenvalue weighted by Gasteiger charge is -2.27. The van der Waals surface area contributed by atoms with Crippen LogP contribution in [0.4, 0.5) is 5.82 Å². The van der Waals surface area contributed by atoms with Crippen LogP contribution in [0.3, 0.4) is 0 Å². The van der Waals surface area contributed by atoms with Crippen LogP contribution >= 0.6 is 24.2 Å². The molecule has 118 valence electrons. The average Bonchev–Trinajstić information content (AvgIpc) is 2.85. The number of rotatable bonds is 5. The minimum absolute atomic E-state index is 0. The molecule has 0 radical (unpaired) electrons. The largest absolute Gasteiger partial charge is 0.360 e. The van der Waals surface area contributed by atoms with Crippen molar-refractivity contribution in [1.29, 1.82) is 0 Å². The van der Waals surface area contributed by atoms with Crippen molar-refractivity contribution in [2.24, 2.45) is 0 Å². The summed E-state index contributed by atoms with van der Waals surface area (Å²) in [6.45, 7) is 4.90. The van der Waals surface area contributed by atoms with Gasteiger partial charge in [0.1, 0.15) is 5.76 Å². The topological polar surface area (TPSA) is 87.5 Å². The number of amides is 2. The number of anilines is 1. The normalized spacial score (nSPS) is 14.4. The van der Waals surface area contributed by atoms with Crippen molar-refractivity contribution < 1.29 is 14.1 Å². The Hall–Kier alpha value is -1.25. The van der Waals surface area contributed by atoms with Crippen molar-refractivity contribution in [3.63, 3.8) is 0 Å². The van der Waals surface area contributed by atoms with Gasteiger partial charge in [0.05, 0.1) is 11.5 Å². The molecule has 0 spiro atoms. The second kappa shape index (κ2) is 8.91. The van der Waals surface area contributed by atoms with Gasteiger partial charge in [0.25, 0.3) is 0 Å². The predicted molar refractivity (Wildman–Crippen MR) is 83.9 cm³/mol. The minimum atomic E-state index is -0.184. The van der Waals surface area contributed by atoms with Gasteiger partial charge in [-0.1, -0.05) is 5.16 Å². The quantitative estimate of drug-likeness (QED) is 0.815. The van der Waals surface area contributed by atoms with Crippen molar-refractivity contribution >= 4 is 41.8 Å². The maximum Gasteiger partial charge on any atom is 0.235 e. The van der Waals surface area contributed by atoms with Gasteiger partial charge in [-0.15, -0.1) is 24.2 Å². The maximum absolute atomic E-state index is 11.9. The Morgan fingerprint density at radius 1 is 1.43 bits per heavy atom. The molecule has 0 saturated carbocycles. The zero-order chi connectivity index (χ0) is 14.4. The molecule has 2 rings (SSSR count). The van der Waals surface area contributed by atoms with Gasteiger partial charge in [-0.3, -0.25) is 9.59 Å². The summed E-state index contributed by atoms with van der Waals surface area (Å²) in [5.74, 6) is 1.50. The highest BCUT2D eigenvalue weighted by Gasteiger charge is 2.16. The molecule has 0 unspecified atom stereocenters. The Labute approximate surface area is 133 Å². The first-order valence-electron chi connectivity index (χ1n) is 6.44. The van der Waals surface area contributed by atoms with Gasteiger partial charge in [0, 0.05) is 32.2 Å². The molecule has 7 nitrogen and oxygen atoms in total. The third-order valence-corrected chi connectivity index (χ3v) is 3.74. The van der Waals surface area contributed by atoms with E-state index < -0.39 is 0 Å². The number of halogens is 1. The molecule has 0 bridgehead atoms. The molecule has 9 heteroatoms. The van der Waals surface area contributed by atoms with E-state index in [0.29, 0.717) is 17.3 Å². The van der Waals surface area contributed by atoms with Gasteiger partial charge >= 0.3 is 0 Å². The van der Waals surface area contributed by atoms with E-state index in [4.69, 9.17) is 4.52 Å². The first-order valence-corrected chi connectivity index (χ1v) is 7.60. The highest BCUT2D eigenvalue weighted by Crippen LogP contribution is 2.09. The van der Waals surface area contributed by atoms with Crippen LogP contribution in [0.25, 0.3) is 0 Å². The fraction of sp³-hybridized carbons (Fsp3) is 0.583. The number of carbonyl (C=O) groups excluding carboxylic acids is 2. The zero-order valence-electron chi connectivity index (χ0n) is 11.8. The van der Waals surface area contributed by atoms with E-state index in [1.165, 1.54) is 11.8 Å². The number of piperazine rings is 1. The number of nitrogens with zero attached hydrogens (tertiary/aromatic N) is 2. The van der Waals surface area contributed by atoms with E-state index in [1.54, 1.807) is 13.0 Å². The van der Waals surface area contributed by atoms with Crippen molar-refractivity contribution in [3.05, 3.63) is 11.8 Å². The van der Waals surface area contributed by atoms with Gasteiger partial charge in [-0.2, -0.15) is 0 Å². The first-order chi connectivity index (χ1) is 9.65. The molecule has 0 atom stereocenters. The van der Waals surface area contributed by atoms with Crippen LogP contribution in [0.2, 0.25) is 0 Å². The fourth-order valence-corrected chi connectivity index (χ4v) is 2.56. The molecular formula is C12H19ClN4O3S. The maximum atomic E-state index is 11.9. The SMILES string of the molecule is Cc1cc(NC(=O)CSCC(=O)N2CCNCC2)no1.Cl. The molecule has 1 aliphatic rings. The van der Waals surface area contributed by atoms with Crippen LogP contribution in [0.15, 0.2) is 10.6 Å². The van der Waals surface area contributed by atoms with Crippen LogP contribution in [-0.4, -0.2) is 59.6 Å². The highest BCUT2D eigenvalue weighted by atomic mass is 35.5. The lowest BCUT2D eigenvalue weighted by atomic mass is 10.3. The molecular weight excluding hydrogens is 316 g/mol. The zero-order valence-corrected chi connectivity index (χ0v) is 13.4. The molecule has 2 N–H and O–H groups in total. The molecule has 2 heterocycles. The molecule has 1 aromatic rings. The molecule has 1 fully saturated rings. The average molecular weight is 335 g/mol. The van der Waals surface area contributed by atoms with E-state index in [0.717, 1.165) is 26.2 Å². The van der Waals surface area contributed by atoms with Gasteiger partial charge in [-0.05, 0) is 6.92 Å². The summed E-state index contributed by atoms with van der Waals surface area (Å²) in [6, 6.07) is 1.65. The first kappa shape index (κ1) is 17.8. The number of carbonyl (C=O) groups is 2. The lowest BCUT2D eigenvalue weighted by Crippen LogP contribution is -2.47. The van der Waals surface area contributed by atoms with Crippen LogP contribution in [0.1, 0.15) is 5.76 Å². The third-order valence-electron chi connectivity index (χ3n) is 2.82. The van der Waals surface area contributed by atoms with Crippen LogP contribution in [0.5, 0.6) is 0 Å². The molecule has 1 aromatic heterocycles. The Balaban J connectivity index is 0.00000220. The summed E-state index contributed by atoms with van der Waals surface area (Å²) < 4.78 is 4.85. The number of aryl methyl sites for hydroxylation is 1. The summed E-state index contributed by atoms with van der Waals surface area (Å²) in [5, 5.41) is 9.48. The summed E-state index contributed by atoms with van der Waals surface area (Å²) in [6.07, 6.45) is 0. The highest BCUT2D eigenvalue weighted by molar-refractivity contribution is 8.00. The Bertz CT molecular complexity index is 477. The van der Waals surface area contributed by atoms with Crippen LogP contribution in [-0.2, 0) is 9.59 Å². The number of hydrogen-bond acceptors (Lipinski definition) is 6. The second-order valence-electron chi connectivity index (χ2n) is 4.49. The van der Waals surface area contributed by atoms with E-state index in [-0.39, 0.29) is 30.0 Å². The smallest absolute Gasteiger partial charge is 0.235 e. The Morgan fingerprint density at radius 3 is 2.76 bits per heavy atom. The van der Waals surface area contributed by atoms with Crippen LogP contribution in [0, 0.1) is 6.92 Å². The van der Waals surface area contributed by atoms with Gasteiger partial charge in [0.2, 0.25) is 11.8 Å². The van der Waals surface area contributed by atoms with Crippen molar-refractivity contribution in [2.75, 3.05) is 43.0 Å². The van der Waals surface area contributed by atoms with Crippen molar-refractivity contribution in [1.82, 2.24) is 15.4 Å². The van der Waals surface area contributed by atoms with E-state index >= 15 is 0 Å². The summed E-state index contributed by atoms with van der Waals surface area (Å²) in [5.41, 5.74) is 0. The molecule has 0 aromatic carbocycles. The van der Waals surface area contributed by atoms with Gasteiger partial charge in [-0.25, -0.2) is 0 Å². The monoisotopic (exact) mass is 334 g/mol. The van der Waals surface area contributed by atoms with Gasteiger partial charge < -0.3 is 20.1 Å². The van der Waals surface area contributed by atoms with Crippen LogP contribution < -0.4 is 10.6 Å². The molecule has 1 saturated heterocycles. The Morgan fingerprint density at radius 2 is 2.14 bits per heavy atom. The predicted octanol–water partition coefficient (Wildman–Crippen LogP) is 0.508. The second-order valence-corrected chi connectivity index (χ2v) is 5.48. The molecule has 21 heavy (non-hydrogen) atoms. The summed E-state index contributed by atoms with van der Waals surface area (Å²) in [7, 11) is 0. The van der Waals surface area contributed by atoms with E-state index in [1.807, 2.05) is 4.90 Å². The minimum Gasteiger partial charge on any atom is -0.360 e. The number of thioether (sulfide) groups is 1. The third kappa shape index (κ3) is 5.94. The van der Waals surface area contributed by atoms with E-state index in [2.05, 4.69) is 15.8 Å². The molecule has 1 aliphatic heterocycles. The summed E-state index contributed by atoms with van der Waals surface area (Å²) in [4.78, 5) is 25.3. The lowest BCUT2D eigenvalue weighted by molar-refractivity contribution is -0.128. The fourth-order valence-electron chi connectivity index (χ4n) is 1.84. The van der Waals surface area contributed by atoms with Gasteiger partial charge in [0.15, 0.2) is 5.82 Å². The van der Waals surface area contributed by atoms with Crippen molar-refractivity contribution in [2.45, 2.75) is 6.92 Å². The number of nitrogens with one attached hydrogen (secondary N) is 2. The standard InChI is InChI=1S/C12H18N4O3S.ClH/c1-9-6-10(15-19-9)14-11(17)7-20-8-12(18)16-4-2-13-3-5-16;/h6,13H,2-5,7-8H2,1H3,(H,14,15,17);1H.